The van der Waals surface area contributed by atoms with E-state index in [1.54, 1.807) is 18.6 Å². The normalized spacial score (nSPS) is 11.0. The molecular weight excluding hydrogens is 968 g/mol. The van der Waals surface area contributed by atoms with Gasteiger partial charge in [0.25, 0.3) is 0 Å². The Kier molecular flexibility index (Phi) is 19.8. The van der Waals surface area contributed by atoms with Crippen LogP contribution in [0.4, 0.5) is 0 Å². The average molecular weight is 1020 g/mol. The number of rotatable bonds is 12. The van der Waals surface area contributed by atoms with Crippen LogP contribution in [-0.2, 0) is 64.9 Å². The van der Waals surface area contributed by atoms with Gasteiger partial charge in [-0.15, -0.1) is 0 Å². The van der Waals surface area contributed by atoms with E-state index in [0.29, 0.717) is 18.5 Å². The van der Waals surface area contributed by atoms with Gasteiger partial charge in [-0.05, 0) is 6.92 Å². The fourth-order valence-corrected chi connectivity index (χ4v) is 15.4. The molecule has 10 aromatic rings. The second-order valence-corrected chi connectivity index (χ2v) is 24.2. The number of aromatic nitrogens is 3. The van der Waals surface area contributed by atoms with Gasteiger partial charge in [0.2, 0.25) is 0 Å². The molecule has 0 aliphatic carbocycles. The van der Waals surface area contributed by atoms with E-state index >= 15 is 0 Å². The van der Waals surface area contributed by atoms with Gasteiger partial charge in [-0.3, -0.25) is 0 Å². The summed E-state index contributed by atoms with van der Waals surface area (Å²) < 4.78 is 40.9. The van der Waals surface area contributed by atoms with Crippen molar-refractivity contribution < 1.29 is 46.4 Å². The molecule has 0 spiro atoms. The second kappa shape index (κ2) is 26.1. The number of aryl methyl sites for hydroxylation is 1. The molecule has 10 rings (SSSR count). The van der Waals surface area contributed by atoms with E-state index in [1.165, 1.54) is 5.56 Å². The zero-order valence-corrected chi connectivity index (χ0v) is 43.5. The topological polar surface area (TPSA) is 93.5 Å². The summed E-state index contributed by atoms with van der Waals surface area (Å²) in [6.45, 7) is 2.08. The fraction of sp³-hybridized carbons (Fsp3) is 0.0690. The summed E-state index contributed by atoms with van der Waals surface area (Å²) in [5.41, 5.74) is 3.95. The monoisotopic (exact) mass is 1020 g/mol. The summed E-state index contributed by atoms with van der Waals surface area (Å²) in [6, 6.07) is 79.9. The Hall–Kier alpha value is -5.83. The number of hydrogen-bond donors (Lipinski definition) is 0. The van der Waals surface area contributed by atoms with Crippen LogP contribution in [0.15, 0.2) is 267 Å². The molecule has 0 radical (unpaired) electrons. The van der Waals surface area contributed by atoms with E-state index in [9.17, 15) is 13.7 Å². The maximum absolute atomic E-state index is 13.6. The quantitative estimate of drug-likeness (QED) is 0.113. The first-order valence-corrected chi connectivity index (χ1v) is 27.8. The van der Waals surface area contributed by atoms with Gasteiger partial charge in [0, 0.05) is 50.3 Å². The SMILES string of the molecule is Cc1ccccc1.O=P(Cc1ccc[n-]1)(c1ccccc1)c1ccccc1.O=P(Cc1ccc[n-]1)(c1ccccc1)c1ccccc1.O=P(Cc1ccc[n-]1)(c1ccccc1)c1ccccc1.[Y+3]. The summed E-state index contributed by atoms with van der Waals surface area (Å²) in [4.78, 5) is 12.8. The van der Waals surface area contributed by atoms with Crippen LogP contribution >= 0.6 is 21.4 Å². The minimum absolute atomic E-state index is 0. The van der Waals surface area contributed by atoms with Crippen molar-refractivity contribution in [1.29, 1.82) is 0 Å². The van der Waals surface area contributed by atoms with Crippen LogP contribution in [0, 0.1) is 6.92 Å². The van der Waals surface area contributed by atoms with E-state index in [0.717, 1.165) is 48.9 Å². The van der Waals surface area contributed by atoms with E-state index in [4.69, 9.17) is 0 Å². The molecule has 0 fully saturated rings. The maximum atomic E-state index is 13.6. The first kappa shape index (κ1) is 51.6. The van der Waals surface area contributed by atoms with Gasteiger partial charge in [-0.1, -0.05) is 254 Å². The van der Waals surface area contributed by atoms with Crippen molar-refractivity contribution >= 4 is 53.3 Å². The van der Waals surface area contributed by atoms with Crippen molar-refractivity contribution in [2.24, 2.45) is 0 Å². The Balaban J connectivity index is 0.000000155. The van der Waals surface area contributed by atoms with Crippen LogP contribution in [-0.4, -0.2) is 0 Å². The van der Waals surface area contributed by atoms with Crippen molar-refractivity contribution in [3.8, 4) is 0 Å². The first-order valence-electron chi connectivity index (χ1n) is 22.1. The van der Waals surface area contributed by atoms with Crippen molar-refractivity contribution in [2.75, 3.05) is 0 Å². The Labute approximate surface area is 426 Å². The molecule has 3 aromatic heterocycles. The van der Waals surface area contributed by atoms with Gasteiger partial charge in [0.15, 0.2) is 0 Å². The molecule has 0 aliphatic rings. The summed E-state index contributed by atoms with van der Waals surface area (Å²) in [5.74, 6) is 0. The first-order chi connectivity index (χ1) is 32.8. The van der Waals surface area contributed by atoms with Gasteiger partial charge in [-0.25, -0.2) is 0 Å². The van der Waals surface area contributed by atoms with E-state index in [2.05, 4.69) is 34.0 Å². The summed E-state index contributed by atoms with van der Waals surface area (Å²) in [5, 5.41) is 5.30. The molecular formula is C58H53N3O3P3Y. The van der Waals surface area contributed by atoms with Gasteiger partial charge in [-0.2, -0.15) is 35.7 Å². The van der Waals surface area contributed by atoms with Crippen molar-refractivity contribution in [2.45, 2.75) is 25.4 Å². The molecule has 0 N–H and O–H groups in total. The van der Waals surface area contributed by atoms with Gasteiger partial charge in [0.1, 0.15) is 21.4 Å². The number of benzene rings is 7. The largest absolute Gasteiger partial charge is 3.00 e. The minimum atomic E-state index is -2.68. The third-order valence-corrected chi connectivity index (χ3v) is 20.1. The Morgan fingerprint density at radius 2 is 0.471 bits per heavy atom. The molecule has 3 heterocycles. The van der Waals surface area contributed by atoms with Crippen molar-refractivity contribution in [3.05, 3.63) is 290 Å². The van der Waals surface area contributed by atoms with Gasteiger partial charge >= 0.3 is 32.7 Å². The van der Waals surface area contributed by atoms with E-state index in [-0.39, 0.29) is 32.7 Å². The number of nitrogens with zero attached hydrogens (tertiary/aromatic N) is 3. The molecule has 10 heteroatoms. The van der Waals surface area contributed by atoms with E-state index in [1.807, 2.05) is 237 Å². The maximum Gasteiger partial charge on any atom is 3.00 e. The molecule has 7 aromatic carbocycles. The smallest absolute Gasteiger partial charge is 0.667 e. The summed E-state index contributed by atoms with van der Waals surface area (Å²) in [6.07, 6.45) is 6.64. The zero-order valence-electron chi connectivity index (χ0n) is 38.0. The predicted octanol–water partition coefficient (Wildman–Crippen LogP) is 11.5. The summed E-state index contributed by atoms with van der Waals surface area (Å²) >= 11 is 0. The molecule has 0 amide bonds. The van der Waals surface area contributed by atoms with Crippen LogP contribution in [0.2, 0.25) is 0 Å². The number of hydrogen-bond acceptors (Lipinski definition) is 3. The van der Waals surface area contributed by atoms with Crippen LogP contribution in [0.5, 0.6) is 0 Å². The van der Waals surface area contributed by atoms with Crippen LogP contribution < -0.4 is 46.8 Å². The molecule has 0 bridgehead atoms. The minimum Gasteiger partial charge on any atom is -0.667 e. The molecule has 0 saturated heterocycles. The molecule has 68 heavy (non-hydrogen) atoms. The Bertz CT molecular complexity index is 2610. The molecule has 0 aliphatic heterocycles. The van der Waals surface area contributed by atoms with Crippen molar-refractivity contribution in [3.63, 3.8) is 0 Å². The molecule has 0 saturated carbocycles. The zero-order chi connectivity index (χ0) is 46.6. The molecule has 336 valence electrons. The Morgan fingerprint density at radius 1 is 0.279 bits per heavy atom. The van der Waals surface area contributed by atoms with Crippen LogP contribution in [0.3, 0.4) is 0 Å². The van der Waals surface area contributed by atoms with Crippen LogP contribution in [0.25, 0.3) is 0 Å². The molecule has 0 atom stereocenters. The summed E-state index contributed by atoms with van der Waals surface area (Å²) in [7, 11) is -8.03. The van der Waals surface area contributed by atoms with E-state index < -0.39 is 21.4 Å². The molecule has 0 unspecified atom stereocenters. The Morgan fingerprint density at radius 3 is 0.618 bits per heavy atom. The van der Waals surface area contributed by atoms with Crippen LogP contribution in [0.1, 0.15) is 22.6 Å². The second-order valence-electron chi connectivity index (χ2n) is 15.7. The fourth-order valence-electron chi connectivity index (χ4n) is 7.51. The van der Waals surface area contributed by atoms with Gasteiger partial charge < -0.3 is 28.6 Å². The predicted molar refractivity (Wildman–Crippen MR) is 281 cm³/mol. The average Bonchev–Trinajstić information content (AvgIpc) is 4.23. The third kappa shape index (κ3) is 14.1. The molecule has 6 nitrogen and oxygen atoms in total. The third-order valence-electron chi connectivity index (χ3n) is 11.0. The van der Waals surface area contributed by atoms with Gasteiger partial charge in [0.05, 0.1) is 0 Å². The van der Waals surface area contributed by atoms with Crippen molar-refractivity contribution in [1.82, 2.24) is 15.0 Å². The standard InChI is InChI=1S/3C17H15NOP.C7H8.Y/c3*19-20(14-15-8-7-13-18-15,16-9-3-1-4-10-16)17-11-5-2-6-12-17;1-7-5-3-2-4-6-7;/h3*1-13H,14H2;2-6H,1H3;/q3*-1;;+3.